The molecule has 1 atom stereocenters. The molecule has 110 valence electrons. The fourth-order valence-electron chi connectivity index (χ4n) is 2.82. The predicted molar refractivity (Wildman–Crippen MR) is 72.6 cm³/mol. The normalized spacial score (nSPS) is 17.5. The summed E-state index contributed by atoms with van der Waals surface area (Å²) in [5.74, 6) is -0.380. The topological polar surface area (TPSA) is 12.0 Å². The molecule has 2 aromatic carbocycles. The van der Waals surface area contributed by atoms with Gasteiger partial charge in [-0.3, -0.25) is 0 Å². The van der Waals surface area contributed by atoms with Gasteiger partial charge in [0.15, 0.2) is 0 Å². The summed E-state index contributed by atoms with van der Waals surface area (Å²) >= 11 is 0. The monoisotopic (exact) mass is 295 g/mol. The van der Waals surface area contributed by atoms with Crippen LogP contribution in [0.5, 0.6) is 0 Å². The van der Waals surface area contributed by atoms with Crippen LogP contribution < -0.4 is 5.32 Å². The number of anilines is 1. The Morgan fingerprint density at radius 2 is 1.81 bits per heavy atom. The molecule has 1 nitrogen and oxygen atoms in total. The fourth-order valence-corrected chi connectivity index (χ4v) is 2.82. The molecule has 0 saturated heterocycles. The van der Waals surface area contributed by atoms with Gasteiger partial charge in [0.2, 0.25) is 0 Å². The number of halogens is 4. The summed E-state index contributed by atoms with van der Waals surface area (Å²) in [7, 11) is 0. The van der Waals surface area contributed by atoms with Crippen molar-refractivity contribution in [3.63, 3.8) is 0 Å². The number of benzene rings is 2. The maximum absolute atomic E-state index is 13.8. The number of rotatable bonds is 1. The molecule has 0 spiro atoms. The highest BCUT2D eigenvalue weighted by atomic mass is 19.4. The van der Waals surface area contributed by atoms with E-state index in [0.717, 1.165) is 11.6 Å². The van der Waals surface area contributed by atoms with Gasteiger partial charge in [0.25, 0.3) is 0 Å². The largest absolute Gasteiger partial charge is 0.416 e. The van der Waals surface area contributed by atoms with Crippen LogP contribution in [0.2, 0.25) is 0 Å². The van der Waals surface area contributed by atoms with Crippen LogP contribution in [0, 0.1) is 12.7 Å². The van der Waals surface area contributed by atoms with Crippen molar-refractivity contribution in [1.29, 1.82) is 0 Å². The van der Waals surface area contributed by atoms with Crippen LogP contribution in [-0.4, -0.2) is 0 Å². The average Bonchev–Trinajstić information content (AvgIpc) is 2.88. The van der Waals surface area contributed by atoms with E-state index < -0.39 is 17.8 Å². The Labute approximate surface area is 119 Å². The lowest BCUT2D eigenvalue weighted by Gasteiger charge is -2.18. The molecule has 0 amide bonds. The second-order valence-electron chi connectivity index (χ2n) is 5.20. The first-order chi connectivity index (χ1) is 9.88. The molecule has 0 radical (unpaired) electrons. The van der Waals surface area contributed by atoms with Gasteiger partial charge in [-0.25, -0.2) is 4.39 Å². The van der Waals surface area contributed by atoms with Crippen molar-refractivity contribution in [2.45, 2.75) is 25.6 Å². The Balaban J connectivity index is 2.03. The summed E-state index contributed by atoms with van der Waals surface area (Å²) in [4.78, 5) is 0. The molecule has 5 heteroatoms. The number of nitrogens with one attached hydrogen (secondary N) is 1. The molecule has 1 unspecified atom stereocenters. The lowest BCUT2D eigenvalue weighted by atomic mass is 9.97. The molecule has 0 aromatic heterocycles. The minimum absolute atomic E-state index is 0.153. The van der Waals surface area contributed by atoms with Crippen LogP contribution >= 0.6 is 0 Å². The highest BCUT2D eigenvalue weighted by Crippen LogP contribution is 2.42. The SMILES string of the molecule is Cc1ccc(F)c2c1NC(c1ccccc1C(F)(F)F)C2. The molecule has 3 rings (SSSR count). The third-order valence-electron chi connectivity index (χ3n) is 3.83. The van der Waals surface area contributed by atoms with Gasteiger partial charge >= 0.3 is 6.18 Å². The average molecular weight is 295 g/mol. The van der Waals surface area contributed by atoms with Crippen LogP contribution in [0.25, 0.3) is 0 Å². The second kappa shape index (κ2) is 4.76. The highest BCUT2D eigenvalue weighted by Gasteiger charge is 2.37. The van der Waals surface area contributed by atoms with E-state index in [1.54, 1.807) is 12.1 Å². The summed E-state index contributed by atoms with van der Waals surface area (Å²) in [5.41, 5.74) is 1.38. The Hall–Kier alpha value is -2.04. The maximum atomic E-state index is 13.8. The van der Waals surface area contributed by atoms with E-state index in [9.17, 15) is 17.6 Å². The van der Waals surface area contributed by atoms with E-state index in [2.05, 4.69) is 5.32 Å². The lowest BCUT2D eigenvalue weighted by molar-refractivity contribution is -0.138. The number of hydrogen-bond donors (Lipinski definition) is 1. The number of aryl methyl sites for hydroxylation is 1. The number of hydrogen-bond acceptors (Lipinski definition) is 1. The molecule has 0 fully saturated rings. The van der Waals surface area contributed by atoms with Crippen molar-refractivity contribution in [1.82, 2.24) is 0 Å². The second-order valence-corrected chi connectivity index (χ2v) is 5.20. The van der Waals surface area contributed by atoms with Crippen LogP contribution in [0.15, 0.2) is 36.4 Å². The van der Waals surface area contributed by atoms with E-state index in [-0.39, 0.29) is 17.8 Å². The van der Waals surface area contributed by atoms with Gasteiger partial charge < -0.3 is 5.32 Å². The quantitative estimate of drug-likeness (QED) is 0.741. The smallest absolute Gasteiger partial charge is 0.377 e. The lowest BCUT2D eigenvalue weighted by Crippen LogP contribution is -2.15. The Morgan fingerprint density at radius 3 is 2.48 bits per heavy atom. The van der Waals surface area contributed by atoms with Crippen LogP contribution in [0.4, 0.5) is 23.2 Å². The Morgan fingerprint density at radius 1 is 1.10 bits per heavy atom. The molecule has 1 aliphatic heterocycles. The van der Waals surface area contributed by atoms with Crippen LogP contribution in [0.1, 0.15) is 28.3 Å². The maximum Gasteiger partial charge on any atom is 0.416 e. The van der Waals surface area contributed by atoms with E-state index in [0.29, 0.717) is 11.3 Å². The van der Waals surface area contributed by atoms with Gasteiger partial charge in [0, 0.05) is 17.7 Å². The molecule has 1 heterocycles. The number of fused-ring (bicyclic) bond motifs is 1. The predicted octanol–water partition coefficient (Wildman–Crippen LogP) is 4.86. The van der Waals surface area contributed by atoms with Crippen molar-refractivity contribution in [3.8, 4) is 0 Å². The summed E-state index contributed by atoms with van der Waals surface area (Å²) in [6.07, 6.45) is -4.20. The molecular formula is C16H13F4N. The fraction of sp³-hybridized carbons (Fsp3) is 0.250. The molecule has 2 aromatic rings. The van der Waals surface area contributed by atoms with Crippen molar-refractivity contribution in [2.75, 3.05) is 5.32 Å². The first-order valence-corrected chi connectivity index (χ1v) is 6.58. The van der Waals surface area contributed by atoms with Crippen LogP contribution in [0.3, 0.4) is 0 Å². The van der Waals surface area contributed by atoms with Gasteiger partial charge in [-0.2, -0.15) is 13.2 Å². The standard InChI is InChI=1S/C16H13F4N/c1-9-6-7-13(17)11-8-14(21-15(9)11)10-4-2-3-5-12(10)16(18,19)20/h2-7,14,21H,8H2,1H3. The van der Waals surface area contributed by atoms with E-state index in [1.807, 2.05) is 6.92 Å². The van der Waals surface area contributed by atoms with Crippen molar-refractivity contribution < 1.29 is 17.6 Å². The van der Waals surface area contributed by atoms with Gasteiger partial charge in [-0.15, -0.1) is 0 Å². The molecular weight excluding hydrogens is 282 g/mol. The zero-order chi connectivity index (χ0) is 15.2. The van der Waals surface area contributed by atoms with Gasteiger partial charge in [-0.05, 0) is 30.2 Å². The summed E-state index contributed by atoms with van der Waals surface area (Å²) in [5, 5.41) is 3.03. The molecule has 0 bridgehead atoms. The van der Waals surface area contributed by atoms with E-state index in [1.165, 1.54) is 18.2 Å². The van der Waals surface area contributed by atoms with Crippen molar-refractivity contribution >= 4 is 5.69 Å². The van der Waals surface area contributed by atoms with Crippen molar-refractivity contribution in [2.24, 2.45) is 0 Å². The Kier molecular flexibility index (Phi) is 3.15. The Bertz CT molecular complexity index is 660. The number of alkyl halides is 3. The first kappa shape index (κ1) is 13.9. The summed E-state index contributed by atoms with van der Waals surface area (Å²) in [6.45, 7) is 1.81. The van der Waals surface area contributed by atoms with Crippen molar-refractivity contribution in [3.05, 3.63) is 64.5 Å². The van der Waals surface area contributed by atoms with Gasteiger partial charge in [-0.1, -0.05) is 24.3 Å². The van der Waals surface area contributed by atoms with E-state index in [4.69, 9.17) is 0 Å². The van der Waals surface area contributed by atoms with Crippen LogP contribution in [-0.2, 0) is 12.6 Å². The third-order valence-corrected chi connectivity index (χ3v) is 3.83. The van der Waals surface area contributed by atoms with E-state index >= 15 is 0 Å². The minimum atomic E-state index is -4.42. The molecule has 1 N–H and O–H groups in total. The molecule has 0 saturated carbocycles. The van der Waals surface area contributed by atoms with Gasteiger partial charge in [0.05, 0.1) is 11.6 Å². The summed E-state index contributed by atoms with van der Waals surface area (Å²) in [6, 6.07) is 7.85. The summed E-state index contributed by atoms with van der Waals surface area (Å²) < 4.78 is 53.1. The highest BCUT2D eigenvalue weighted by molar-refractivity contribution is 5.63. The molecule has 1 aliphatic rings. The molecule has 0 aliphatic carbocycles. The zero-order valence-corrected chi connectivity index (χ0v) is 11.3. The minimum Gasteiger partial charge on any atom is -0.377 e. The first-order valence-electron chi connectivity index (χ1n) is 6.58. The third kappa shape index (κ3) is 2.37. The molecule has 21 heavy (non-hydrogen) atoms. The zero-order valence-electron chi connectivity index (χ0n) is 11.3. The van der Waals surface area contributed by atoms with Gasteiger partial charge in [0.1, 0.15) is 5.82 Å².